The number of hydrogen-bond donors (Lipinski definition) is 0. The predicted molar refractivity (Wildman–Crippen MR) is 115 cm³/mol. The van der Waals surface area contributed by atoms with E-state index < -0.39 is 0 Å². The molecule has 2 aromatic heterocycles. The molecule has 0 spiro atoms. The van der Waals surface area contributed by atoms with Gasteiger partial charge in [0.2, 0.25) is 0 Å². The Morgan fingerprint density at radius 1 is 0.769 bits per heavy atom. The molecular weight excluding hydrogens is 334 g/mol. The summed E-state index contributed by atoms with van der Waals surface area (Å²) in [5.41, 5.74) is 5.28. The van der Waals surface area contributed by atoms with Gasteiger partial charge in [-0.1, -0.05) is 50.2 Å². The molecule has 3 aromatic carbocycles. The summed E-state index contributed by atoms with van der Waals surface area (Å²) in [6.07, 6.45) is 0. The van der Waals surface area contributed by atoms with Crippen molar-refractivity contribution in [2.24, 2.45) is 0 Å². The average molecular weight is 356 g/mol. The molecule has 0 aliphatic carbocycles. The highest BCUT2D eigenvalue weighted by Crippen LogP contribution is 2.38. The third-order valence-corrected chi connectivity index (χ3v) is 6.41. The maximum absolute atomic E-state index is 2.40. The normalized spacial score (nSPS) is 12.0. The Morgan fingerprint density at radius 2 is 1.38 bits per heavy atom. The van der Waals surface area contributed by atoms with Crippen LogP contribution in [-0.2, 0) is 0 Å². The minimum absolute atomic E-state index is 0.539. The summed E-state index contributed by atoms with van der Waals surface area (Å²) < 4.78 is 3.79. The first-order chi connectivity index (χ1) is 12.6. The van der Waals surface area contributed by atoms with Crippen LogP contribution in [0.2, 0.25) is 0 Å². The molecule has 128 valence electrons. The zero-order valence-corrected chi connectivity index (χ0v) is 16.1. The van der Waals surface area contributed by atoms with Gasteiger partial charge in [-0.05, 0) is 54.1 Å². The standard InChI is InChI=1S/C24H21NS/c1-15(2)24-16(3)26-23-13-12-17(14-20(23)24)25-21-10-6-4-8-18(21)19-9-5-7-11-22(19)25/h4-15H,1-3H3. The van der Waals surface area contributed by atoms with Gasteiger partial charge >= 0.3 is 0 Å². The highest BCUT2D eigenvalue weighted by Gasteiger charge is 2.15. The molecule has 0 fully saturated rings. The van der Waals surface area contributed by atoms with Gasteiger partial charge in [0.05, 0.1) is 11.0 Å². The van der Waals surface area contributed by atoms with E-state index in [9.17, 15) is 0 Å². The summed E-state index contributed by atoms with van der Waals surface area (Å²) >= 11 is 1.91. The first kappa shape index (κ1) is 15.7. The largest absolute Gasteiger partial charge is 0.309 e. The average Bonchev–Trinajstić information content (AvgIpc) is 3.15. The van der Waals surface area contributed by atoms with E-state index in [-0.39, 0.29) is 0 Å². The quantitative estimate of drug-likeness (QED) is 0.310. The SMILES string of the molecule is Cc1sc2ccc(-n3c4ccccc4c4ccccc43)cc2c1C(C)C. The number of fused-ring (bicyclic) bond motifs is 4. The Balaban J connectivity index is 1.89. The first-order valence-corrected chi connectivity index (χ1v) is 9.98. The van der Waals surface area contributed by atoms with Gasteiger partial charge in [0.15, 0.2) is 0 Å². The minimum Gasteiger partial charge on any atom is -0.309 e. The number of hydrogen-bond acceptors (Lipinski definition) is 1. The lowest BCUT2D eigenvalue weighted by Gasteiger charge is -2.10. The van der Waals surface area contributed by atoms with Crippen LogP contribution in [0.3, 0.4) is 0 Å². The highest BCUT2D eigenvalue weighted by atomic mass is 32.1. The van der Waals surface area contributed by atoms with Crippen LogP contribution in [0.1, 0.15) is 30.2 Å². The molecule has 0 amide bonds. The molecule has 0 atom stereocenters. The molecule has 5 rings (SSSR count). The molecule has 0 saturated carbocycles. The van der Waals surface area contributed by atoms with E-state index in [4.69, 9.17) is 0 Å². The summed E-state index contributed by atoms with van der Waals surface area (Å²) in [6, 6.07) is 24.3. The van der Waals surface area contributed by atoms with Gasteiger partial charge in [0.1, 0.15) is 0 Å². The van der Waals surface area contributed by atoms with Crippen LogP contribution in [0, 0.1) is 6.92 Å². The smallest absolute Gasteiger partial charge is 0.0541 e. The number of nitrogens with zero attached hydrogens (tertiary/aromatic N) is 1. The number of thiophene rings is 1. The monoisotopic (exact) mass is 355 g/mol. The van der Waals surface area contributed by atoms with E-state index in [1.54, 1.807) is 0 Å². The fraction of sp³-hybridized carbons (Fsp3) is 0.167. The van der Waals surface area contributed by atoms with Crippen LogP contribution in [0.4, 0.5) is 0 Å². The Kier molecular flexibility index (Phi) is 3.44. The maximum atomic E-state index is 2.40. The van der Waals surface area contributed by atoms with Crippen molar-refractivity contribution in [1.29, 1.82) is 0 Å². The van der Waals surface area contributed by atoms with Crippen molar-refractivity contribution in [2.75, 3.05) is 0 Å². The number of benzene rings is 3. The molecule has 2 heterocycles. The molecule has 0 aliphatic rings. The molecule has 0 bridgehead atoms. The molecule has 0 unspecified atom stereocenters. The fourth-order valence-corrected chi connectivity index (χ4v) is 5.48. The van der Waals surface area contributed by atoms with Gasteiger partial charge in [0, 0.05) is 26.0 Å². The van der Waals surface area contributed by atoms with E-state index in [1.807, 2.05) is 11.3 Å². The Hall–Kier alpha value is -2.58. The lowest BCUT2D eigenvalue weighted by atomic mass is 9.99. The van der Waals surface area contributed by atoms with Crippen molar-refractivity contribution in [3.05, 3.63) is 77.2 Å². The molecule has 1 nitrogen and oxygen atoms in total. The van der Waals surface area contributed by atoms with E-state index in [0.717, 1.165) is 0 Å². The third kappa shape index (κ3) is 2.15. The minimum atomic E-state index is 0.539. The Morgan fingerprint density at radius 3 is 2.00 bits per heavy atom. The Bertz CT molecular complexity index is 1220. The van der Waals surface area contributed by atoms with Gasteiger partial charge in [-0.25, -0.2) is 0 Å². The fourth-order valence-electron chi connectivity index (χ4n) is 4.28. The van der Waals surface area contributed by atoms with Crippen LogP contribution < -0.4 is 0 Å². The Labute approximate surface area is 157 Å². The van der Waals surface area contributed by atoms with Gasteiger partial charge in [-0.3, -0.25) is 0 Å². The number of para-hydroxylation sites is 2. The van der Waals surface area contributed by atoms with Crippen molar-refractivity contribution < 1.29 is 0 Å². The summed E-state index contributed by atoms with van der Waals surface area (Å²) in [7, 11) is 0. The van der Waals surface area contributed by atoms with Gasteiger partial charge in [-0.2, -0.15) is 0 Å². The maximum Gasteiger partial charge on any atom is 0.0541 e. The zero-order valence-electron chi connectivity index (χ0n) is 15.3. The molecule has 2 heteroatoms. The topological polar surface area (TPSA) is 4.93 Å². The first-order valence-electron chi connectivity index (χ1n) is 9.17. The van der Waals surface area contributed by atoms with Gasteiger partial charge in [-0.15, -0.1) is 11.3 Å². The molecule has 26 heavy (non-hydrogen) atoms. The predicted octanol–water partition coefficient (Wildman–Crippen LogP) is 7.43. The second-order valence-corrected chi connectivity index (χ2v) is 8.53. The van der Waals surface area contributed by atoms with Gasteiger partial charge in [0.25, 0.3) is 0 Å². The van der Waals surface area contributed by atoms with Crippen molar-refractivity contribution in [3.8, 4) is 5.69 Å². The lowest BCUT2D eigenvalue weighted by molar-refractivity contribution is 0.873. The van der Waals surface area contributed by atoms with Crippen LogP contribution in [0.5, 0.6) is 0 Å². The summed E-state index contributed by atoms with van der Waals surface area (Å²) in [6.45, 7) is 6.84. The van der Waals surface area contributed by atoms with Crippen LogP contribution in [0.25, 0.3) is 37.6 Å². The van der Waals surface area contributed by atoms with E-state index >= 15 is 0 Å². The van der Waals surface area contributed by atoms with E-state index in [0.29, 0.717) is 5.92 Å². The number of rotatable bonds is 2. The number of aryl methyl sites for hydroxylation is 1. The van der Waals surface area contributed by atoms with Crippen molar-refractivity contribution in [1.82, 2.24) is 4.57 Å². The lowest BCUT2D eigenvalue weighted by Crippen LogP contribution is -1.94. The van der Waals surface area contributed by atoms with Crippen molar-refractivity contribution >= 4 is 43.2 Å². The van der Waals surface area contributed by atoms with Crippen molar-refractivity contribution in [2.45, 2.75) is 26.7 Å². The van der Waals surface area contributed by atoms with E-state index in [1.165, 1.54) is 48.0 Å². The van der Waals surface area contributed by atoms with Crippen LogP contribution in [-0.4, -0.2) is 4.57 Å². The van der Waals surface area contributed by atoms with Crippen LogP contribution >= 0.6 is 11.3 Å². The zero-order chi connectivity index (χ0) is 17.8. The summed E-state index contributed by atoms with van der Waals surface area (Å²) in [4.78, 5) is 1.44. The molecule has 0 N–H and O–H groups in total. The molecular formula is C24H21NS. The molecule has 0 aliphatic heterocycles. The number of aromatic nitrogens is 1. The molecule has 0 radical (unpaired) electrons. The second kappa shape index (κ2) is 5.72. The highest BCUT2D eigenvalue weighted by molar-refractivity contribution is 7.19. The van der Waals surface area contributed by atoms with Crippen molar-refractivity contribution in [3.63, 3.8) is 0 Å². The second-order valence-electron chi connectivity index (χ2n) is 7.28. The third-order valence-electron chi connectivity index (χ3n) is 5.31. The van der Waals surface area contributed by atoms with Gasteiger partial charge < -0.3 is 4.57 Å². The van der Waals surface area contributed by atoms with E-state index in [2.05, 4.69) is 92.1 Å². The molecule has 0 saturated heterocycles. The summed E-state index contributed by atoms with van der Waals surface area (Å²) in [5, 5.41) is 4.03. The van der Waals surface area contributed by atoms with Crippen LogP contribution in [0.15, 0.2) is 66.7 Å². The molecule has 5 aromatic rings. The summed E-state index contributed by atoms with van der Waals surface area (Å²) in [5.74, 6) is 0.539.